The van der Waals surface area contributed by atoms with E-state index in [1.165, 1.54) is 56.9 Å². The first-order valence-corrected chi connectivity index (χ1v) is 15.0. The van der Waals surface area contributed by atoms with Gasteiger partial charge in [-0.05, 0) is 116 Å². The Hall–Kier alpha value is -1.55. The van der Waals surface area contributed by atoms with Crippen LogP contribution in [0.25, 0.3) is 0 Å². The Morgan fingerprint density at radius 2 is 1.92 bits per heavy atom. The monoisotopic (exact) mass is 493 g/mol. The van der Waals surface area contributed by atoms with Gasteiger partial charge < -0.3 is 14.7 Å². The number of amides is 1. The van der Waals surface area contributed by atoms with E-state index in [0.29, 0.717) is 35.0 Å². The van der Waals surface area contributed by atoms with Gasteiger partial charge in [-0.3, -0.25) is 4.79 Å². The molecule has 4 nitrogen and oxygen atoms in total. The molecule has 4 aliphatic carbocycles. The molecule has 8 unspecified atom stereocenters. The van der Waals surface area contributed by atoms with Gasteiger partial charge in [0.05, 0.1) is 18.9 Å². The van der Waals surface area contributed by atoms with Gasteiger partial charge in [0.2, 0.25) is 5.91 Å². The SMILES string of the molecule is COc1ccc2c(c1)N(C(=O)CCCC1CCC3C4C(O)CC5CCCCC5(C)C4CCC13C)CC2. The van der Waals surface area contributed by atoms with Crippen LogP contribution in [0.15, 0.2) is 18.2 Å². The Morgan fingerprint density at radius 3 is 2.75 bits per heavy atom. The van der Waals surface area contributed by atoms with Crippen molar-refractivity contribution in [2.24, 2.45) is 40.4 Å². The first kappa shape index (κ1) is 24.8. The van der Waals surface area contributed by atoms with Crippen LogP contribution in [0.5, 0.6) is 5.75 Å². The van der Waals surface area contributed by atoms with Crippen LogP contribution in [0.4, 0.5) is 5.69 Å². The van der Waals surface area contributed by atoms with E-state index < -0.39 is 0 Å². The summed E-state index contributed by atoms with van der Waals surface area (Å²) in [4.78, 5) is 15.2. The van der Waals surface area contributed by atoms with Crippen molar-refractivity contribution >= 4 is 11.6 Å². The zero-order valence-electron chi connectivity index (χ0n) is 22.8. The van der Waals surface area contributed by atoms with Gasteiger partial charge in [-0.2, -0.15) is 0 Å². The Labute approximate surface area is 218 Å². The summed E-state index contributed by atoms with van der Waals surface area (Å²) in [5, 5.41) is 11.4. The number of ether oxygens (including phenoxy) is 1. The van der Waals surface area contributed by atoms with Crippen LogP contribution in [0.1, 0.15) is 96.5 Å². The molecule has 1 heterocycles. The molecule has 0 saturated heterocycles. The fraction of sp³-hybridized carbons (Fsp3) is 0.781. The molecule has 4 saturated carbocycles. The Bertz CT molecular complexity index is 992. The molecule has 1 aromatic carbocycles. The lowest BCUT2D eigenvalue weighted by Crippen LogP contribution is -2.57. The summed E-state index contributed by atoms with van der Waals surface area (Å²) < 4.78 is 5.40. The molecule has 0 aromatic heterocycles. The van der Waals surface area contributed by atoms with Crippen molar-refractivity contribution < 1.29 is 14.6 Å². The summed E-state index contributed by atoms with van der Waals surface area (Å²) in [5.74, 6) is 4.43. The highest BCUT2D eigenvalue weighted by molar-refractivity contribution is 5.95. The van der Waals surface area contributed by atoms with Gasteiger partial charge in [0, 0.05) is 19.0 Å². The second-order valence-electron chi connectivity index (χ2n) is 13.5. The van der Waals surface area contributed by atoms with Crippen molar-refractivity contribution in [2.75, 3.05) is 18.6 Å². The van der Waals surface area contributed by atoms with Crippen LogP contribution in [0.2, 0.25) is 0 Å². The molecule has 36 heavy (non-hydrogen) atoms. The van der Waals surface area contributed by atoms with E-state index in [2.05, 4.69) is 19.9 Å². The molecule has 4 heteroatoms. The van der Waals surface area contributed by atoms with E-state index in [0.717, 1.165) is 55.5 Å². The quantitative estimate of drug-likeness (QED) is 0.492. The maximum atomic E-state index is 13.2. The number of aliphatic hydroxyl groups excluding tert-OH is 1. The third kappa shape index (κ3) is 3.84. The third-order valence-electron chi connectivity index (χ3n) is 12.2. The summed E-state index contributed by atoms with van der Waals surface area (Å²) in [6.45, 7) is 5.94. The van der Waals surface area contributed by atoms with Gasteiger partial charge in [0.15, 0.2) is 0 Å². The average Bonchev–Trinajstić information content (AvgIpc) is 3.45. The smallest absolute Gasteiger partial charge is 0.226 e. The maximum Gasteiger partial charge on any atom is 0.226 e. The normalized spacial score (nSPS) is 41.3. The lowest BCUT2D eigenvalue weighted by Gasteiger charge is -2.62. The topological polar surface area (TPSA) is 49.8 Å². The van der Waals surface area contributed by atoms with Gasteiger partial charge in [-0.1, -0.05) is 32.8 Å². The van der Waals surface area contributed by atoms with E-state index in [1.54, 1.807) is 7.11 Å². The van der Waals surface area contributed by atoms with Gasteiger partial charge in [0.25, 0.3) is 0 Å². The Morgan fingerprint density at radius 1 is 1.08 bits per heavy atom. The van der Waals surface area contributed by atoms with Gasteiger partial charge >= 0.3 is 0 Å². The van der Waals surface area contributed by atoms with Crippen LogP contribution in [-0.4, -0.2) is 30.8 Å². The van der Waals surface area contributed by atoms with Crippen LogP contribution in [-0.2, 0) is 11.2 Å². The number of methoxy groups -OCH3 is 1. The fourth-order valence-corrected chi connectivity index (χ4v) is 10.2. The summed E-state index contributed by atoms with van der Waals surface area (Å²) in [6, 6.07) is 6.12. The third-order valence-corrected chi connectivity index (χ3v) is 12.2. The lowest BCUT2D eigenvalue weighted by molar-refractivity contribution is -0.162. The van der Waals surface area contributed by atoms with Crippen molar-refractivity contribution in [1.29, 1.82) is 0 Å². The predicted octanol–water partition coefficient (Wildman–Crippen LogP) is 6.77. The van der Waals surface area contributed by atoms with Crippen molar-refractivity contribution in [3.8, 4) is 5.75 Å². The van der Waals surface area contributed by atoms with Crippen LogP contribution >= 0.6 is 0 Å². The number of benzene rings is 1. The predicted molar refractivity (Wildman–Crippen MR) is 144 cm³/mol. The number of carbonyl (C=O) groups excluding carboxylic acids is 1. The molecule has 5 aliphatic rings. The average molecular weight is 494 g/mol. The molecule has 1 amide bonds. The van der Waals surface area contributed by atoms with Crippen molar-refractivity contribution in [2.45, 2.75) is 103 Å². The molecular weight excluding hydrogens is 446 g/mol. The zero-order valence-corrected chi connectivity index (χ0v) is 22.8. The Balaban J connectivity index is 1.09. The number of hydrogen-bond acceptors (Lipinski definition) is 3. The van der Waals surface area contributed by atoms with Gasteiger partial charge in [-0.15, -0.1) is 0 Å². The van der Waals surface area contributed by atoms with Gasteiger partial charge in [-0.25, -0.2) is 0 Å². The van der Waals surface area contributed by atoms with Gasteiger partial charge in [0.1, 0.15) is 5.75 Å². The van der Waals surface area contributed by atoms with E-state index in [1.807, 2.05) is 17.0 Å². The molecule has 1 N–H and O–H groups in total. The highest BCUT2D eigenvalue weighted by atomic mass is 16.5. The molecule has 4 fully saturated rings. The first-order valence-electron chi connectivity index (χ1n) is 15.0. The number of fused-ring (bicyclic) bond motifs is 6. The standard InChI is InChI=1S/C32H47NO3/c1-31-16-5-4-7-23(31)19-28(34)30-25-13-11-22(32(25,2)17-14-26(30)31)8-6-9-29(35)33-18-15-21-10-12-24(36-3)20-27(21)33/h10,12,20,22-23,25-26,28,30,34H,4-9,11,13-19H2,1-3H3. The van der Waals surface area contributed by atoms with E-state index in [-0.39, 0.29) is 12.0 Å². The molecule has 0 bridgehead atoms. The summed E-state index contributed by atoms with van der Waals surface area (Å²) in [6.07, 6.45) is 15.4. The highest BCUT2D eigenvalue weighted by Crippen LogP contribution is 2.67. The van der Waals surface area contributed by atoms with Crippen molar-refractivity contribution in [3.05, 3.63) is 23.8 Å². The number of nitrogens with zero attached hydrogens (tertiary/aromatic N) is 1. The molecule has 6 rings (SSSR count). The van der Waals surface area contributed by atoms with E-state index in [9.17, 15) is 9.90 Å². The molecule has 0 radical (unpaired) electrons. The molecular formula is C32H47NO3. The van der Waals surface area contributed by atoms with Crippen LogP contribution in [0, 0.1) is 40.4 Å². The van der Waals surface area contributed by atoms with Crippen LogP contribution < -0.4 is 9.64 Å². The largest absolute Gasteiger partial charge is 0.497 e. The number of hydrogen-bond donors (Lipinski definition) is 1. The zero-order chi connectivity index (χ0) is 25.1. The van der Waals surface area contributed by atoms with Crippen molar-refractivity contribution in [3.63, 3.8) is 0 Å². The minimum atomic E-state index is -0.0941. The number of rotatable bonds is 5. The molecule has 1 aliphatic heterocycles. The fourth-order valence-electron chi connectivity index (χ4n) is 10.2. The number of aliphatic hydroxyl groups is 1. The number of anilines is 1. The van der Waals surface area contributed by atoms with E-state index in [4.69, 9.17) is 4.74 Å². The van der Waals surface area contributed by atoms with Crippen LogP contribution in [0.3, 0.4) is 0 Å². The first-order chi connectivity index (χ1) is 17.3. The molecule has 198 valence electrons. The second-order valence-corrected chi connectivity index (χ2v) is 13.5. The summed E-state index contributed by atoms with van der Waals surface area (Å²) in [5.41, 5.74) is 3.11. The lowest BCUT2D eigenvalue weighted by atomic mass is 9.44. The van der Waals surface area contributed by atoms with E-state index >= 15 is 0 Å². The molecule has 8 atom stereocenters. The molecule has 0 spiro atoms. The maximum absolute atomic E-state index is 13.2. The minimum Gasteiger partial charge on any atom is -0.497 e. The van der Waals surface area contributed by atoms with Crippen molar-refractivity contribution in [1.82, 2.24) is 0 Å². The second kappa shape index (κ2) is 9.33. The Kier molecular flexibility index (Phi) is 6.42. The highest BCUT2D eigenvalue weighted by Gasteiger charge is 2.61. The molecule has 1 aromatic rings. The summed E-state index contributed by atoms with van der Waals surface area (Å²) in [7, 11) is 1.69. The minimum absolute atomic E-state index is 0.0941. The summed E-state index contributed by atoms with van der Waals surface area (Å²) >= 11 is 0. The number of carbonyl (C=O) groups is 1.